The molecule has 7 heteroatoms. The fourth-order valence-electron chi connectivity index (χ4n) is 1.51. The summed E-state index contributed by atoms with van der Waals surface area (Å²) >= 11 is 0. The molecule has 1 saturated heterocycles. The van der Waals surface area contributed by atoms with Gasteiger partial charge in [-0.05, 0) is 19.6 Å². The topological polar surface area (TPSA) is 99.4 Å². The van der Waals surface area contributed by atoms with Crippen molar-refractivity contribution in [1.82, 2.24) is 0 Å². The maximum Gasteiger partial charge on any atom is 0.187 e. The van der Waals surface area contributed by atoms with E-state index in [0.717, 1.165) is 0 Å². The van der Waals surface area contributed by atoms with E-state index < -0.39 is 45.6 Å². The van der Waals surface area contributed by atoms with Gasteiger partial charge in [-0.2, -0.15) is 0 Å². The number of aliphatic hydroxyl groups excluding tert-OH is 4. The molecule has 0 aromatic heterocycles. The molecule has 5 atom stereocenters. The Labute approximate surface area is 95.6 Å². The number of ether oxygens (including phenoxy) is 1. The smallest absolute Gasteiger partial charge is 0.187 e. The fourth-order valence-corrected chi connectivity index (χ4v) is 2.41. The molecule has 0 aliphatic carbocycles. The highest BCUT2D eigenvalue weighted by molar-refractivity contribution is 6.69. The second-order valence-electron chi connectivity index (χ2n) is 4.93. The molecule has 0 aromatic carbocycles. The third-order valence-corrected chi connectivity index (χ3v) is 3.26. The molecule has 0 spiro atoms. The highest BCUT2D eigenvalue weighted by Crippen LogP contribution is 2.24. The van der Waals surface area contributed by atoms with E-state index in [-0.39, 0.29) is 0 Å². The predicted octanol–water partition coefficient (Wildman–Crippen LogP) is -1.36. The summed E-state index contributed by atoms with van der Waals surface area (Å²) in [6, 6.07) is 0. The molecule has 0 aromatic rings. The van der Waals surface area contributed by atoms with E-state index in [1.54, 1.807) is 0 Å². The van der Waals surface area contributed by atoms with Crippen LogP contribution in [0.15, 0.2) is 0 Å². The van der Waals surface area contributed by atoms with Crippen LogP contribution in [0.4, 0.5) is 0 Å². The minimum Gasteiger partial charge on any atom is -0.394 e. The van der Waals surface area contributed by atoms with Crippen molar-refractivity contribution in [3.63, 3.8) is 0 Å². The molecule has 1 aliphatic heterocycles. The van der Waals surface area contributed by atoms with E-state index in [2.05, 4.69) is 0 Å². The van der Waals surface area contributed by atoms with Gasteiger partial charge in [0.1, 0.15) is 24.4 Å². The molecule has 1 heterocycles. The Morgan fingerprint density at radius 2 is 1.62 bits per heavy atom. The Morgan fingerprint density at radius 3 is 2.06 bits per heavy atom. The third-order valence-electron chi connectivity index (χ3n) is 2.32. The zero-order chi connectivity index (χ0) is 12.5. The molecule has 1 fully saturated rings. The van der Waals surface area contributed by atoms with E-state index in [1.807, 2.05) is 19.6 Å². The third kappa shape index (κ3) is 3.23. The molecule has 4 N–H and O–H groups in total. The zero-order valence-electron chi connectivity index (χ0n) is 9.70. The van der Waals surface area contributed by atoms with Crippen LogP contribution in [0.2, 0.25) is 19.6 Å². The van der Waals surface area contributed by atoms with Crippen molar-refractivity contribution in [2.24, 2.45) is 0 Å². The van der Waals surface area contributed by atoms with Crippen LogP contribution in [0, 0.1) is 0 Å². The Morgan fingerprint density at radius 1 is 1.06 bits per heavy atom. The van der Waals surface area contributed by atoms with Gasteiger partial charge in [0.25, 0.3) is 0 Å². The van der Waals surface area contributed by atoms with Gasteiger partial charge in [0.15, 0.2) is 14.6 Å². The lowest BCUT2D eigenvalue weighted by Gasteiger charge is -2.41. The lowest BCUT2D eigenvalue weighted by atomic mass is 10.00. The van der Waals surface area contributed by atoms with Crippen LogP contribution < -0.4 is 0 Å². The number of rotatable bonds is 3. The van der Waals surface area contributed by atoms with Gasteiger partial charge in [0, 0.05) is 0 Å². The van der Waals surface area contributed by atoms with Gasteiger partial charge in [0.05, 0.1) is 6.61 Å². The van der Waals surface area contributed by atoms with Crippen molar-refractivity contribution in [2.75, 3.05) is 6.61 Å². The second kappa shape index (κ2) is 5.09. The lowest BCUT2D eigenvalue weighted by molar-refractivity contribution is -0.280. The molecule has 16 heavy (non-hydrogen) atoms. The summed E-state index contributed by atoms with van der Waals surface area (Å²) in [7, 11) is -1.94. The highest BCUT2D eigenvalue weighted by atomic mass is 28.4. The molecule has 6 nitrogen and oxygen atoms in total. The monoisotopic (exact) mass is 252 g/mol. The molecule has 96 valence electrons. The van der Waals surface area contributed by atoms with Crippen molar-refractivity contribution in [3.05, 3.63) is 0 Å². The van der Waals surface area contributed by atoms with Crippen molar-refractivity contribution in [2.45, 2.75) is 50.3 Å². The molecular formula is C9H20O6Si. The Hall–Kier alpha value is -0.0231. The van der Waals surface area contributed by atoms with E-state index in [1.165, 1.54) is 0 Å². The lowest BCUT2D eigenvalue weighted by Crippen LogP contribution is -2.60. The van der Waals surface area contributed by atoms with Crippen LogP contribution in [0.3, 0.4) is 0 Å². The standard InChI is InChI=1S/C9H20O6Si/c1-16(2,3)15-9-8(13)7(12)6(11)5(4-10)14-9/h5-13H,4H2,1-3H3/t5-,6-,7+,8-,9-/m1/s1. The van der Waals surface area contributed by atoms with Crippen LogP contribution >= 0.6 is 0 Å². The summed E-state index contributed by atoms with van der Waals surface area (Å²) < 4.78 is 10.7. The van der Waals surface area contributed by atoms with Gasteiger partial charge in [-0.3, -0.25) is 0 Å². The average Bonchev–Trinajstić information content (AvgIpc) is 2.17. The van der Waals surface area contributed by atoms with Crippen molar-refractivity contribution >= 4 is 8.32 Å². The summed E-state index contributed by atoms with van der Waals surface area (Å²) in [5, 5.41) is 37.7. The van der Waals surface area contributed by atoms with E-state index in [0.29, 0.717) is 0 Å². The fraction of sp³-hybridized carbons (Fsp3) is 1.00. The highest BCUT2D eigenvalue weighted by Gasteiger charge is 2.45. The van der Waals surface area contributed by atoms with Gasteiger partial charge in [0.2, 0.25) is 0 Å². The average molecular weight is 252 g/mol. The largest absolute Gasteiger partial charge is 0.394 e. The van der Waals surface area contributed by atoms with Crippen molar-refractivity contribution < 1.29 is 29.6 Å². The molecule has 0 unspecified atom stereocenters. The summed E-state index contributed by atoms with van der Waals surface area (Å²) in [5.74, 6) is 0. The van der Waals surface area contributed by atoms with Crippen LogP contribution in [0.5, 0.6) is 0 Å². The predicted molar refractivity (Wildman–Crippen MR) is 58.2 cm³/mol. The number of hydrogen-bond acceptors (Lipinski definition) is 6. The maximum atomic E-state index is 9.67. The first-order chi connectivity index (χ1) is 7.26. The summed E-state index contributed by atoms with van der Waals surface area (Å²) in [5.41, 5.74) is 0. The molecule has 1 rings (SSSR count). The van der Waals surface area contributed by atoms with Gasteiger partial charge >= 0.3 is 0 Å². The first kappa shape index (κ1) is 14.0. The number of aliphatic hydroxyl groups is 4. The Kier molecular flexibility index (Phi) is 4.47. The van der Waals surface area contributed by atoms with Gasteiger partial charge in [-0.15, -0.1) is 0 Å². The zero-order valence-corrected chi connectivity index (χ0v) is 10.7. The molecule has 0 amide bonds. The molecule has 1 aliphatic rings. The van der Waals surface area contributed by atoms with Crippen LogP contribution in [0.25, 0.3) is 0 Å². The van der Waals surface area contributed by atoms with E-state index >= 15 is 0 Å². The van der Waals surface area contributed by atoms with Crippen molar-refractivity contribution in [1.29, 1.82) is 0 Å². The SMILES string of the molecule is C[Si](C)(C)O[C@H]1O[C@H](CO)[C@@H](O)[C@H](O)[C@H]1O. The van der Waals surface area contributed by atoms with Gasteiger partial charge in [-0.25, -0.2) is 0 Å². The molecular weight excluding hydrogens is 232 g/mol. The summed E-state index contributed by atoms with van der Waals surface area (Å²) in [4.78, 5) is 0. The minimum atomic E-state index is -1.94. The van der Waals surface area contributed by atoms with Crippen LogP contribution in [-0.2, 0) is 9.16 Å². The Bertz CT molecular complexity index is 229. The number of hydrogen-bond donors (Lipinski definition) is 4. The van der Waals surface area contributed by atoms with Gasteiger partial charge < -0.3 is 29.6 Å². The van der Waals surface area contributed by atoms with Gasteiger partial charge in [-0.1, -0.05) is 0 Å². The van der Waals surface area contributed by atoms with Crippen LogP contribution in [-0.4, -0.2) is 66.1 Å². The first-order valence-corrected chi connectivity index (χ1v) is 8.65. The summed E-state index contributed by atoms with van der Waals surface area (Å²) in [6.07, 6.45) is -5.90. The van der Waals surface area contributed by atoms with E-state index in [9.17, 15) is 15.3 Å². The summed E-state index contributed by atoms with van der Waals surface area (Å²) in [6.45, 7) is 5.30. The Balaban J connectivity index is 2.71. The quantitative estimate of drug-likeness (QED) is 0.463. The van der Waals surface area contributed by atoms with Crippen molar-refractivity contribution in [3.8, 4) is 0 Å². The first-order valence-electron chi connectivity index (χ1n) is 5.24. The normalized spacial score (nSPS) is 41.1. The minimum absolute atomic E-state index is 0.434. The maximum absolute atomic E-state index is 9.67. The van der Waals surface area contributed by atoms with Crippen LogP contribution in [0.1, 0.15) is 0 Å². The molecule has 0 radical (unpaired) electrons. The van der Waals surface area contributed by atoms with E-state index in [4.69, 9.17) is 14.3 Å². The molecule has 0 bridgehead atoms. The second-order valence-corrected chi connectivity index (χ2v) is 9.39. The molecule has 0 saturated carbocycles.